The van der Waals surface area contributed by atoms with E-state index >= 15 is 0 Å². The molecule has 10 nitrogen and oxygen atoms in total. The van der Waals surface area contributed by atoms with Gasteiger partial charge in [-0.3, -0.25) is 0 Å². The van der Waals surface area contributed by atoms with Crippen LogP contribution in [0.2, 0.25) is 0 Å². The third-order valence-corrected chi connectivity index (χ3v) is 6.14. The van der Waals surface area contributed by atoms with Crippen LogP contribution in [-0.2, 0) is 28.4 Å². The molecule has 37 heavy (non-hydrogen) atoms. The number of ether oxygens (including phenoxy) is 6. The minimum atomic E-state index is -0.363. The Labute approximate surface area is 225 Å². The Bertz CT molecular complexity index is 631. The van der Waals surface area contributed by atoms with Crippen molar-refractivity contribution in [2.75, 3.05) is 66.3 Å². The summed E-state index contributed by atoms with van der Waals surface area (Å²) >= 11 is 0. The average Bonchev–Trinajstić information content (AvgIpc) is 3.18. The van der Waals surface area contributed by atoms with Gasteiger partial charge in [0.05, 0.1) is 26.4 Å². The summed E-state index contributed by atoms with van der Waals surface area (Å²) in [6.45, 7) is 13.3. The van der Waals surface area contributed by atoms with Crippen molar-refractivity contribution in [3.8, 4) is 0 Å². The molecule has 0 aromatic rings. The number of alkyl carbamates (subject to hydrolysis) is 2. The van der Waals surface area contributed by atoms with Crippen LogP contribution in [0.3, 0.4) is 0 Å². The lowest BCUT2D eigenvalue weighted by Crippen LogP contribution is -2.32. The summed E-state index contributed by atoms with van der Waals surface area (Å²) in [6, 6.07) is 0. The molecule has 3 atom stereocenters. The van der Waals surface area contributed by atoms with Crippen molar-refractivity contribution in [3.63, 3.8) is 0 Å². The summed E-state index contributed by atoms with van der Waals surface area (Å²) in [6.07, 6.45) is 11.0. The first-order valence-electron chi connectivity index (χ1n) is 13.4. The highest BCUT2D eigenvalue weighted by molar-refractivity contribution is 5.67. The molecule has 2 rings (SSSR count). The molecule has 0 spiro atoms. The van der Waals surface area contributed by atoms with E-state index in [1.54, 1.807) is 12.2 Å². The number of rotatable bonds is 19. The first kappa shape index (κ1) is 32.9. The monoisotopic (exact) mass is 532 g/mol. The third-order valence-electron chi connectivity index (χ3n) is 6.14. The Balaban J connectivity index is 0. The minimum Gasteiger partial charge on any atom is -0.450 e. The van der Waals surface area contributed by atoms with Crippen LogP contribution in [0.4, 0.5) is 9.59 Å². The van der Waals surface area contributed by atoms with E-state index in [-0.39, 0.29) is 35.2 Å². The molecule has 0 aromatic heterocycles. The number of unbranched alkanes of at least 4 members (excludes halogenated alkanes) is 1. The van der Waals surface area contributed by atoms with E-state index in [1.165, 1.54) is 32.1 Å². The zero-order valence-corrected chi connectivity index (χ0v) is 22.6. The Morgan fingerprint density at radius 2 is 1.49 bits per heavy atom. The molecular weight excluding hydrogens is 480 g/mol. The van der Waals surface area contributed by atoms with Gasteiger partial charge in [0.2, 0.25) is 0 Å². The SMILES string of the molecule is C=CCOCOCCCCOC(=O)NCC.C=CCOCOCCOC(=O)NCC1CC2CCCC1C2.[HH].[HH]. The average molecular weight is 533 g/mol. The van der Waals surface area contributed by atoms with E-state index in [9.17, 15) is 9.59 Å². The molecule has 2 saturated carbocycles. The number of carbonyl (C=O) groups is 2. The van der Waals surface area contributed by atoms with Gasteiger partial charge < -0.3 is 39.1 Å². The van der Waals surface area contributed by atoms with Gasteiger partial charge >= 0.3 is 12.2 Å². The Hall–Kier alpha value is -2.14. The van der Waals surface area contributed by atoms with E-state index < -0.39 is 0 Å². The van der Waals surface area contributed by atoms with Gasteiger partial charge in [-0.25, -0.2) is 9.59 Å². The van der Waals surface area contributed by atoms with Crippen molar-refractivity contribution in [3.05, 3.63) is 25.3 Å². The fourth-order valence-corrected chi connectivity index (χ4v) is 4.47. The van der Waals surface area contributed by atoms with Crippen LogP contribution in [0.1, 0.15) is 54.7 Å². The van der Waals surface area contributed by atoms with E-state index in [0.717, 1.165) is 31.2 Å². The molecule has 218 valence electrons. The first-order chi connectivity index (χ1) is 18.1. The maximum Gasteiger partial charge on any atom is 0.407 e. The predicted octanol–water partition coefficient (Wildman–Crippen LogP) is 4.90. The lowest BCUT2D eigenvalue weighted by molar-refractivity contribution is -0.0545. The first-order valence-corrected chi connectivity index (χ1v) is 13.4. The van der Waals surface area contributed by atoms with Crippen LogP contribution in [0.15, 0.2) is 25.3 Å². The van der Waals surface area contributed by atoms with Crippen molar-refractivity contribution in [1.29, 1.82) is 0 Å². The minimum absolute atomic E-state index is 0. The second-order valence-electron chi connectivity index (χ2n) is 9.05. The second-order valence-corrected chi connectivity index (χ2v) is 9.05. The number of hydrogen-bond acceptors (Lipinski definition) is 8. The predicted molar refractivity (Wildman–Crippen MR) is 145 cm³/mol. The van der Waals surface area contributed by atoms with Gasteiger partial charge in [0.1, 0.15) is 20.2 Å². The molecule has 2 N–H and O–H groups in total. The summed E-state index contributed by atoms with van der Waals surface area (Å²) in [5.41, 5.74) is 0. The van der Waals surface area contributed by atoms with Gasteiger partial charge in [-0.05, 0) is 50.4 Å². The normalized spacial score (nSPS) is 19.8. The van der Waals surface area contributed by atoms with Gasteiger partial charge in [-0.1, -0.05) is 31.4 Å². The Morgan fingerprint density at radius 1 is 0.838 bits per heavy atom. The van der Waals surface area contributed by atoms with Gasteiger partial charge in [-0.2, -0.15) is 0 Å². The van der Waals surface area contributed by atoms with E-state index in [1.807, 2.05) is 6.92 Å². The Kier molecular flexibility index (Phi) is 20.5. The van der Waals surface area contributed by atoms with Crippen molar-refractivity contribution in [2.45, 2.75) is 51.9 Å². The zero-order valence-electron chi connectivity index (χ0n) is 22.6. The van der Waals surface area contributed by atoms with Crippen LogP contribution < -0.4 is 10.6 Å². The number of fused-ring (bicyclic) bond motifs is 2. The molecule has 0 aromatic carbocycles. The van der Waals surface area contributed by atoms with Gasteiger partial charge in [0.15, 0.2) is 0 Å². The van der Waals surface area contributed by atoms with Gasteiger partial charge in [-0.15, -0.1) is 13.2 Å². The molecule has 2 fully saturated rings. The lowest BCUT2D eigenvalue weighted by atomic mass is 9.87. The molecule has 0 saturated heterocycles. The summed E-state index contributed by atoms with van der Waals surface area (Å²) in [7, 11) is 0. The highest BCUT2D eigenvalue weighted by atomic mass is 16.7. The smallest absolute Gasteiger partial charge is 0.407 e. The van der Waals surface area contributed by atoms with Crippen molar-refractivity contribution in [1.82, 2.24) is 10.6 Å². The summed E-state index contributed by atoms with van der Waals surface area (Å²) < 4.78 is 30.3. The highest BCUT2D eigenvalue weighted by Crippen LogP contribution is 2.45. The molecular formula is C27H52N2O8. The fourth-order valence-electron chi connectivity index (χ4n) is 4.47. The quantitative estimate of drug-likeness (QED) is 0.137. The topological polar surface area (TPSA) is 114 Å². The van der Waals surface area contributed by atoms with Crippen LogP contribution in [0.25, 0.3) is 0 Å². The van der Waals surface area contributed by atoms with Crippen LogP contribution in [0.5, 0.6) is 0 Å². The molecule has 10 heteroatoms. The molecule has 0 aliphatic heterocycles. The van der Waals surface area contributed by atoms with Crippen LogP contribution >= 0.6 is 0 Å². The highest BCUT2D eigenvalue weighted by Gasteiger charge is 2.36. The molecule has 2 aliphatic carbocycles. The number of nitrogens with one attached hydrogen (secondary N) is 2. The van der Waals surface area contributed by atoms with Gasteiger partial charge in [0, 0.05) is 22.5 Å². The number of amides is 2. The summed E-state index contributed by atoms with van der Waals surface area (Å²) in [5, 5.41) is 5.44. The number of hydrogen-bond donors (Lipinski definition) is 2. The molecule has 2 aliphatic rings. The largest absolute Gasteiger partial charge is 0.450 e. The molecule has 3 unspecified atom stereocenters. The molecule has 2 bridgehead atoms. The standard InChI is InChI=1S/C16H27NO4.C11H21NO4.2H2/c1-2-6-19-12-20-7-8-21-16(18)17-11-15-10-13-4-3-5-14(15)9-13;1-3-7-14-10-15-8-5-6-9-16-11(13)12-4-2;;/h2,13-15H,1,3-12H2,(H,17,18);3H,1,4-10H2,2H3,(H,12,13);2*1H. The van der Waals surface area contributed by atoms with Crippen molar-refractivity contribution in [2.24, 2.45) is 17.8 Å². The lowest BCUT2D eigenvalue weighted by Gasteiger charge is -2.21. The van der Waals surface area contributed by atoms with Crippen LogP contribution in [0, 0.1) is 17.8 Å². The molecule has 2 amide bonds. The van der Waals surface area contributed by atoms with Crippen molar-refractivity contribution >= 4 is 12.2 Å². The van der Waals surface area contributed by atoms with E-state index in [4.69, 9.17) is 28.4 Å². The van der Waals surface area contributed by atoms with Crippen LogP contribution in [-0.4, -0.2) is 78.5 Å². The van der Waals surface area contributed by atoms with Gasteiger partial charge in [0.25, 0.3) is 0 Å². The molecule has 0 heterocycles. The maximum absolute atomic E-state index is 11.6. The third kappa shape index (κ3) is 17.9. The maximum atomic E-state index is 11.6. The van der Waals surface area contributed by atoms with Crippen molar-refractivity contribution < 1.29 is 40.9 Å². The second kappa shape index (κ2) is 23.0. The Morgan fingerprint density at radius 3 is 2.16 bits per heavy atom. The molecule has 0 radical (unpaired) electrons. The zero-order chi connectivity index (χ0) is 27.0. The fraction of sp³-hybridized carbons (Fsp3) is 0.778. The van der Waals surface area contributed by atoms with E-state index in [2.05, 4.69) is 23.8 Å². The summed E-state index contributed by atoms with van der Waals surface area (Å²) in [4.78, 5) is 22.4. The summed E-state index contributed by atoms with van der Waals surface area (Å²) in [5.74, 6) is 2.36. The number of carbonyl (C=O) groups excluding carboxylic acids is 2. The van der Waals surface area contributed by atoms with E-state index in [0.29, 0.717) is 45.5 Å².